The molecule has 1 heterocycles. The van der Waals surface area contributed by atoms with Gasteiger partial charge in [0.25, 0.3) is 0 Å². The van der Waals surface area contributed by atoms with Crippen LogP contribution in [0.4, 0.5) is 5.82 Å². The van der Waals surface area contributed by atoms with Crippen LogP contribution in [0.5, 0.6) is 0 Å². The standard InChI is InChI=1S/C10H16ClN3/c1-3-14(2)8-7-12-10-6-4-5-9(11)13-10/h4-6H,3,7-8H2,1-2H3,(H,12,13). The van der Waals surface area contributed by atoms with Gasteiger partial charge in [0.05, 0.1) is 0 Å². The van der Waals surface area contributed by atoms with Crippen LogP contribution in [0.25, 0.3) is 0 Å². The van der Waals surface area contributed by atoms with Crippen LogP contribution in [-0.4, -0.2) is 36.6 Å². The molecule has 3 nitrogen and oxygen atoms in total. The first-order valence-corrected chi connectivity index (χ1v) is 5.15. The van der Waals surface area contributed by atoms with Crippen LogP contribution in [0, 0.1) is 0 Å². The molecule has 4 heteroatoms. The summed E-state index contributed by atoms with van der Waals surface area (Å²) in [4.78, 5) is 6.37. The van der Waals surface area contributed by atoms with Gasteiger partial charge in [-0.15, -0.1) is 0 Å². The first-order chi connectivity index (χ1) is 6.72. The second-order valence-corrected chi connectivity index (χ2v) is 3.56. The Morgan fingerprint density at radius 3 is 2.93 bits per heavy atom. The van der Waals surface area contributed by atoms with Gasteiger partial charge in [0.15, 0.2) is 0 Å². The quantitative estimate of drug-likeness (QED) is 0.760. The van der Waals surface area contributed by atoms with Gasteiger partial charge in [0.1, 0.15) is 11.0 Å². The lowest BCUT2D eigenvalue weighted by Crippen LogP contribution is -2.24. The zero-order valence-electron chi connectivity index (χ0n) is 8.63. The fourth-order valence-electron chi connectivity index (χ4n) is 1.04. The summed E-state index contributed by atoms with van der Waals surface area (Å²) in [5, 5.41) is 3.74. The fraction of sp³-hybridized carbons (Fsp3) is 0.500. The topological polar surface area (TPSA) is 28.2 Å². The Balaban J connectivity index is 2.31. The average Bonchev–Trinajstić information content (AvgIpc) is 2.17. The molecule has 0 atom stereocenters. The fourth-order valence-corrected chi connectivity index (χ4v) is 1.20. The molecule has 1 rings (SSSR count). The molecule has 0 fully saturated rings. The van der Waals surface area contributed by atoms with E-state index in [9.17, 15) is 0 Å². The summed E-state index contributed by atoms with van der Waals surface area (Å²) in [6.07, 6.45) is 0. The van der Waals surface area contributed by atoms with Crippen LogP contribution in [0.15, 0.2) is 18.2 Å². The van der Waals surface area contributed by atoms with Gasteiger partial charge in [0, 0.05) is 13.1 Å². The van der Waals surface area contributed by atoms with Crippen molar-refractivity contribution >= 4 is 17.4 Å². The Morgan fingerprint density at radius 1 is 1.50 bits per heavy atom. The predicted octanol–water partition coefficient (Wildman–Crippen LogP) is 2.10. The molecule has 0 amide bonds. The Morgan fingerprint density at radius 2 is 2.29 bits per heavy atom. The number of anilines is 1. The molecule has 78 valence electrons. The highest BCUT2D eigenvalue weighted by Crippen LogP contribution is 2.08. The number of pyridine rings is 1. The van der Waals surface area contributed by atoms with Crippen LogP contribution in [0.3, 0.4) is 0 Å². The third-order valence-electron chi connectivity index (χ3n) is 2.05. The Bertz CT molecular complexity index is 278. The zero-order chi connectivity index (χ0) is 10.4. The van der Waals surface area contributed by atoms with Crippen molar-refractivity contribution in [2.24, 2.45) is 0 Å². The highest BCUT2D eigenvalue weighted by atomic mass is 35.5. The number of halogens is 1. The third kappa shape index (κ3) is 3.94. The van der Waals surface area contributed by atoms with Gasteiger partial charge in [-0.25, -0.2) is 4.98 Å². The molecule has 0 unspecified atom stereocenters. The number of nitrogens with one attached hydrogen (secondary N) is 1. The number of rotatable bonds is 5. The number of hydrogen-bond acceptors (Lipinski definition) is 3. The third-order valence-corrected chi connectivity index (χ3v) is 2.27. The van der Waals surface area contributed by atoms with E-state index in [1.807, 2.05) is 12.1 Å². The van der Waals surface area contributed by atoms with Gasteiger partial charge in [-0.3, -0.25) is 0 Å². The zero-order valence-corrected chi connectivity index (χ0v) is 9.38. The molecule has 0 aliphatic carbocycles. The van der Waals surface area contributed by atoms with Crippen molar-refractivity contribution < 1.29 is 0 Å². The minimum Gasteiger partial charge on any atom is -0.369 e. The largest absolute Gasteiger partial charge is 0.369 e. The highest BCUT2D eigenvalue weighted by Gasteiger charge is 1.96. The van der Waals surface area contributed by atoms with E-state index in [4.69, 9.17) is 11.6 Å². The van der Waals surface area contributed by atoms with Gasteiger partial charge in [-0.1, -0.05) is 24.6 Å². The number of aromatic nitrogens is 1. The predicted molar refractivity (Wildman–Crippen MR) is 60.9 cm³/mol. The Labute approximate surface area is 90.1 Å². The summed E-state index contributed by atoms with van der Waals surface area (Å²) in [6, 6.07) is 5.57. The van der Waals surface area contributed by atoms with Crippen molar-refractivity contribution in [1.82, 2.24) is 9.88 Å². The van der Waals surface area contributed by atoms with Gasteiger partial charge in [-0.05, 0) is 25.7 Å². The summed E-state index contributed by atoms with van der Waals surface area (Å²) < 4.78 is 0. The molecular formula is C10H16ClN3. The minimum absolute atomic E-state index is 0.527. The lowest BCUT2D eigenvalue weighted by molar-refractivity contribution is 0.367. The molecule has 1 aromatic heterocycles. The van der Waals surface area contributed by atoms with E-state index in [1.165, 1.54) is 0 Å². The molecular weight excluding hydrogens is 198 g/mol. The van der Waals surface area contributed by atoms with Crippen molar-refractivity contribution in [3.05, 3.63) is 23.4 Å². The molecule has 0 spiro atoms. The first-order valence-electron chi connectivity index (χ1n) is 4.77. The van der Waals surface area contributed by atoms with Gasteiger partial charge in [-0.2, -0.15) is 0 Å². The van der Waals surface area contributed by atoms with E-state index in [1.54, 1.807) is 6.07 Å². The molecule has 0 saturated carbocycles. The van der Waals surface area contributed by atoms with Crippen molar-refractivity contribution in [3.63, 3.8) is 0 Å². The summed E-state index contributed by atoms with van der Waals surface area (Å²) in [7, 11) is 2.09. The van der Waals surface area contributed by atoms with Crippen LogP contribution >= 0.6 is 11.6 Å². The van der Waals surface area contributed by atoms with E-state index < -0.39 is 0 Å². The van der Waals surface area contributed by atoms with E-state index in [-0.39, 0.29) is 0 Å². The molecule has 0 aliphatic rings. The van der Waals surface area contributed by atoms with Crippen LogP contribution in [0.1, 0.15) is 6.92 Å². The maximum Gasteiger partial charge on any atom is 0.131 e. The second kappa shape index (κ2) is 5.83. The summed E-state index contributed by atoms with van der Waals surface area (Å²) in [5.41, 5.74) is 0. The van der Waals surface area contributed by atoms with Gasteiger partial charge < -0.3 is 10.2 Å². The summed E-state index contributed by atoms with van der Waals surface area (Å²) >= 11 is 5.75. The molecule has 0 aliphatic heterocycles. The minimum atomic E-state index is 0.527. The van der Waals surface area contributed by atoms with Crippen LogP contribution in [0.2, 0.25) is 5.15 Å². The number of hydrogen-bond donors (Lipinski definition) is 1. The summed E-state index contributed by atoms with van der Waals surface area (Å²) in [6.45, 7) is 5.09. The molecule has 14 heavy (non-hydrogen) atoms. The monoisotopic (exact) mass is 213 g/mol. The van der Waals surface area contributed by atoms with Crippen molar-refractivity contribution in [2.75, 3.05) is 32.0 Å². The van der Waals surface area contributed by atoms with Crippen molar-refractivity contribution in [2.45, 2.75) is 6.92 Å². The Kier molecular flexibility index (Phi) is 4.70. The van der Waals surface area contributed by atoms with Crippen molar-refractivity contribution in [1.29, 1.82) is 0 Å². The van der Waals surface area contributed by atoms with Crippen LogP contribution in [-0.2, 0) is 0 Å². The smallest absolute Gasteiger partial charge is 0.131 e. The average molecular weight is 214 g/mol. The number of likely N-dealkylation sites (N-methyl/N-ethyl adjacent to an activating group) is 1. The van der Waals surface area contributed by atoms with Gasteiger partial charge >= 0.3 is 0 Å². The summed E-state index contributed by atoms with van der Waals surface area (Å²) in [5.74, 6) is 0.835. The second-order valence-electron chi connectivity index (χ2n) is 3.17. The normalized spacial score (nSPS) is 10.6. The van der Waals surface area contributed by atoms with Gasteiger partial charge in [0.2, 0.25) is 0 Å². The van der Waals surface area contributed by atoms with E-state index in [0.29, 0.717) is 5.15 Å². The molecule has 0 saturated heterocycles. The van der Waals surface area contributed by atoms with E-state index in [2.05, 4.69) is 29.2 Å². The SMILES string of the molecule is CCN(C)CCNc1cccc(Cl)n1. The van der Waals surface area contributed by atoms with Crippen molar-refractivity contribution in [3.8, 4) is 0 Å². The maximum absolute atomic E-state index is 5.75. The molecule has 0 bridgehead atoms. The first kappa shape index (κ1) is 11.3. The van der Waals surface area contributed by atoms with E-state index >= 15 is 0 Å². The lowest BCUT2D eigenvalue weighted by atomic mass is 10.4. The molecule has 0 aromatic carbocycles. The van der Waals surface area contributed by atoms with Crippen LogP contribution < -0.4 is 5.32 Å². The molecule has 1 N–H and O–H groups in total. The molecule has 0 radical (unpaired) electrons. The highest BCUT2D eigenvalue weighted by molar-refractivity contribution is 6.29. The number of nitrogens with zero attached hydrogens (tertiary/aromatic N) is 2. The maximum atomic E-state index is 5.75. The van der Waals surface area contributed by atoms with E-state index in [0.717, 1.165) is 25.5 Å². The lowest BCUT2D eigenvalue weighted by Gasteiger charge is -2.14. The Hall–Kier alpha value is -0.800. The molecule has 1 aromatic rings.